The van der Waals surface area contributed by atoms with Crippen LogP contribution in [0.15, 0.2) is 53.4 Å². The maximum Gasteiger partial charge on any atom is 0.251 e. The summed E-state index contributed by atoms with van der Waals surface area (Å²) in [4.78, 5) is 12.2. The van der Waals surface area contributed by atoms with E-state index < -0.39 is 16.1 Å². The van der Waals surface area contributed by atoms with Gasteiger partial charge < -0.3 is 5.32 Å². The first-order valence-corrected chi connectivity index (χ1v) is 8.29. The molecule has 1 atom stereocenters. The van der Waals surface area contributed by atoms with Crippen LogP contribution in [0, 0.1) is 11.3 Å². The Morgan fingerprint density at radius 1 is 1.22 bits per heavy atom. The molecule has 3 N–H and O–H groups in total. The first kappa shape index (κ1) is 16.7. The molecule has 2 rings (SSSR count). The second kappa shape index (κ2) is 6.60. The van der Waals surface area contributed by atoms with E-state index in [9.17, 15) is 13.2 Å². The molecular weight excluding hydrogens is 314 g/mol. The number of rotatable bonds is 4. The molecule has 7 heteroatoms. The number of carbonyl (C=O) groups is 1. The Bertz CT molecular complexity index is 885. The number of nitrogens with one attached hydrogen (secondary N) is 1. The van der Waals surface area contributed by atoms with Gasteiger partial charge in [0.1, 0.15) is 0 Å². The molecule has 0 saturated carbocycles. The lowest BCUT2D eigenvalue weighted by molar-refractivity contribution is 0.0940. The minimum Gasteiger partial charge on any atom is -0.346 e. The van der Waals surface area contributed by atoms with Gasteiger partial charge in [-0.15, -0.1) is 0 Å². The number of hydrogen-bond acceptors (Lipinski definition) is 4. The van der Waals surface area contributed by atoms with Crippen molar-refractivity contribution < 1.29 is 13.2 Å². The average molecular weight is 329 g/mol. The molecule has 0 aromatic heterocycles. The van der Waals surface area contributed by atoms with Crippen molar-refractivity contribution in [1.29, 1.82) is 5.26 Å². The van der Waals surface area contributed by atoms with Gasteiger partial charge in [-0.3, -0.25) is 4.79 Å². The fourth-order valence-electron chi connectivity index (χ4n) is 2.05. The summed E-state index contributed by atoms with van der Waals surface area (Å²) in [6.45, 7) is 1.73. The molecule has 2 aromatic carbocycles. The van der Waals surface area contributed by atoms with Crippen LogP contribution in [0.25, 0.3) is 0 Å². The van der Waals surface area contributed by atoms with E-state index in [-0.39, 0.29) is 10.8 Å². The lowest BCUT2D eigenvalue weighted by Gasteiger charge is -2.15. The SMILES string of the molecule is C[C@@H](NC(=O)c1cccc(C#N)c1)c1cccc(S(N)(=O)=O)c1. The lowest BCUT2D eigenvalue weighted by atomic mass is 10.1. The van der Waals surface area contributed by atoms with E-state index in [0.29, 0.717) is 16.7 Å². The van der Waals surface area contributed by atoms with Crippen LogP contribution < -0.4 is 10.5 Å². The van der Waals surface area contributed by atoms with Gasteiger partial charge in [-0.2, -0.15) is 5.26 Å². The highest BCUT2D eigenvalue weighted by atomic mass is 32.2. The van der Waals surface area contributed by atoms with Crippen molar-refractivity contribution >= 4 is 15.9 Å². The predicted octanol–water partition coefficient (Wildman–Crippen LogP) is 1.70. The highest BCUT2D eigenvalue weighted by molar-refractivity contribution is 7.89. The van der Waals surface area contributed by atoms with Crippen molar-refractivity contribution in [1.82, 2.24) is 5.32 Å². The van der Waals surface area contributed by atoms with Gasteiger partial charge in [-0.25, -0.2) is 13.6 Å². The third-order valence-electron chi connectivity index (χ3n) is 3.29. The summed E-state index contributed by atoms with van der Waals surface area (Å²) in [6, 6.07) is 13.9. The Morgan fingerprint density at radius 2 is 1.91 bits per heavy atom. The second-order valence-electron chi connectivity index (χ2n) is 5.01. The normalized spacial score (nSPS) is 12.2. The minimum absolute atomic E-state index is 0.0115. The first-order valence-electron chi connectivity index (χ1n) is 6.75. The Labute approximate surface area is 134 Å². The number of hydrogen-bond donors (Lipinski definition) is 2. The quantitative estimate of drug-likeness (QED) is 0.888. The van der Waals surface area contributed by atoms with Crippen LogP contribution >= 0.6 is 0 Å². The minimum atomic E-state index is -3.80. The highest BCUT2D eigenvalue weighted by Gasteiger charge is 2.14. The molecule has 2 aromatic rings. The Kier molecular flexibility index (Phi) is 4.79. The zero-order chi connectivity index (χ0) is 17.0. The van der Waals surface area contributed by atoms with E-state index in [1.807, 2.05) is 6.07 Å². The monoisotopic (exact) mass is 329 g/mol. The number of nitriles is 1. The first-order chi connectivity index (χ1) is 10.8. The van der Waals surface area contributed by atoms with Crippen molar-refractivity contribution in [3.8, 4) is 6.07 Å². The van der Waals surface area contributed by atoms with Gasteiger partial charge in [0.15, 0.2) is 0 Å². The van der Waals surface area contributed by atoms with Gasteiger partial charge >= 0.3 is 0 Å². The summed E-state index contributed by atoms with van der Waals surface area (Å²) in [7, 11) is -3.80. The summed E-state index contributed by atoms with van der Waals surface area (Å²) in [5.74, 6) is -0.351. The van der Waals surface area contributed by atoms with Gasteiger partial charge in [0.05, 0.1) is 22.6 Å². The Morgan fingerprint density at radius 3 is 2.57 bits per heavy atom. The molecule has 0 spiro atoms. The van der Waals surface area contributed by atoms with Crippen LogP contribution in [-0.4, -0.2) is 14.3 Å². The van der Waals surface area contributed by atoms with Crippen LogP contribution in [0.5, 0.6) is 0 Å². The van der Waals surface area contributed by atoms with Gasteiger partial charge in [0.2, 0.25) is 10.0 Å². The number of nitrogens with two attached hydrogens (primary N) is 1. The van der Waals surface area contributed by atoms with E-state index >= 15 is 0 Å². The van der Waals surface area contributed by atoms with Crippen molar-refractivity contribution in [2.45, 2.75) is 17.9 Å². The van der Waals surface area contributed by atoms with E-state index in [0.717, 1.165) is 0 Å². The van der Waals surface area contributed by atoms with Crippen molar-refractivity contribution in [2.24, 2.45) is 5.14 Å². The third kappa shape index (κ3) is 4.16. The van der Waals surface area contributed by atoms with Crippen LogP contribution in [0.1, 0.15) is 34.5 Å². The van der Waals surface area contributed by atoms with Crippen LogP contribution in [0.4, 0.5) is 0 Å². The molecule has 0 heterocycles. The molecule has 0 bridgehead atoms. The topological polar surface area (TPSA) is 113 Å². The van der Waals surface area contributed by atoms with Gasteiger partial charge in [0, 0.05) is 5.56 Å². The number of benzene rings is 2. The largest absolute Gasteiger partial charge is 0.346 e. The van der Waals surface area contributed by atoms with E-state index in [2.05, 4.69) is 5.32 Å². The number of carbonyl (C=O) groups excluding carboxylic acids is 1. The lowest BCUT2D eigenvalue weighted by Crippen LogP contribution is -2.27. The number of nitrogens with zero attached hydrogens (tertiary/aromatic N) is 1. The highest BCUT2D eigenvalue weighted by Crippen LogP contribution is 2.17. The molecule has 118 valence electrons. The van der Waals surface area contributed by atoms with E-state index in [1.54, 1.807) is 37.3 Å². The molecule has 6 nitrogen and oxygen atoms in total. The average Bonchev–Trinajstić information content (AvgIpc) is 2.54. The Balaban J connectivity index is 2.20. The van der Waals surface area contributed by atoms with Crippen molar-refractivity contribution in [3.05, 3.63) is 65.2 Å². The Hall–Kier alpha value is -2.69. The number of amides is 1. The fourth-order valence-corrected chi connectivity index (χ4v) is 2.62. The summed E-state index contributed by atoms with van der Waals surface area (Å²) >= 11 is 0. The van der Waals surface area contributed by atoms with E-state index in [1.165, 1.54) is 18.2 Å². The maximum absolute atomic E-state index is 12.2. The summed E-state index contributed by atoms with van der Waals surface area (Å²) in [6.07, 6.45) is 0. The zero-order valence-corrected chi connectivity index (χ0v) is 13.2. The van der Waals surface area contributed by atoms with Crippen molar-refractivity contribution in [2.75, 3.05) is 0 Å². The van der Waals surface area contributed by atoms with Crippen LogP contribution in [-0.2, 0) is 10.0 Å². The standard InChI is InChI=1S/C16H15N3O3S/c1-11(13-5-3-7-15(9-13)23(18,21)22)19-16(20)14-6-2-4-12(8-14)10-17/h2-9,11H,1H3,(H,19,20)(H2,18,21,22)/t11-/m1/s1. The van der Waals surface area contributed by atoms with Crippen LogP contribution in [0.2, 0.25) is 0 Å². The van der Waals surface area contributed by atoms with Gasteiger partial charge in [-0.1, -0.05) is 18.2 Å². The molecule has 0 unspecified atom stereocenters. The predicted molar refractivity (Wildman–Crippen MR) is 84.9 cm³/mol. The second-order valence-corrected chi connectivity index (χ2v) is 6.57. The molecule has 1 amide bonds. The van der Waals surface area contributed by atoms with Gasteiger partial charge in [-0.05, 0) is 42.8 Å². The molecule has 0 radical (unpaired) electrons. The maximum atomic E-state index is 12.2. The fraction of sp³-hybridized carbons (Fsp3) is 0.125. The zero-order valence-electron chi connectivity index (χ0n) is 12.4. The number of primary sulfonamides is 1. The van der Waals surface area contributed by atoms with Gasteiger partial charge in [0.25, 0.3) is 5.91 Å². The summed E-state index contributed by atoms with van der Waals surface area (Å²) in [5.41, 5.74) is 1.36. The summed E-state index contributed by atoms with van der Waals surface area (Å²) < 4.78 is 22.8. The molecule has 0 aliphatic rings. The summed E-state index contributed by atoms with van der Waals surface area (Å²) in [5, 5.41) is 16.7. The van der Waals surface area contributed by atoms with Crippen LogP contribution in [0.3, 0.4) is 0 Å². The number of sulfonamides is 1. The molecule has 23 heavy (non-hydrogen) atoms. The third-order valence-corrected chi connectivity index (χ3v) is 4.20. The molecule has 0 aliphatic heterocycles. The smallest absolute Gasteiger partial charge is 0.251 e. The molecule has 0 aliphatic carbocycles. The molecule has 0 fully saturated rings. The molecular formula is C16H15N3O3S. The molecule has 0 saturated heterocycles. The van der Waals surface area contributed by atoms with E-state index in [4.69, 9.17) is 10.4 Å². The van der Waals surface area contributed by atoms with Crippen molar-refractivity contribution in [3.63, 3.8) is 0 Å².